The van der Waals surface area contributed by atoms with E-state index in [-0.39, 0.29) is 11.9 Å². The van der Waals surface area contributed by atoms with Gasteiger partial charge in [0.05, 0.1) is 29.6 Å². The molecule has 3 heterocycles. The van der Waals surface area contributed by atoms with E-state index in [9.17, 15) is 4.79 Å². The number of hydrogen-bond donors (Lipinski definition) is 1. The van der Waals surface area contributed by atoms with Crippen LogP contribution >= 0.6 is 0 Å². The highest BCUT2D eigenvalue weighted by Crippen LogP contribution is 2.33. The summed E-state index contributed by atoms with van der Waals surface area (Å²) in [7, 11) is 0. The molecule has 0 saturated carbocycles. The lowest BCUT2D eigenvalue weighted by Crippen LogP contribution is -2.42. The molecule has 0 fully saturated rings. The summed E-state index contributed by atoms with van der Waals surface area (Å²) in [6, 6.07) is 13.8. The average Bonchev–Trinajstić information content (AvgIpc) is 3.13. The molecule has 0 unspecified atom stereocenters. The lowest BCUT2D eigenvalue weighted by atomic mass is 9.99. The third-order valence-electron chi connectivity index (χ3n) is 5.13. The molecule has 0 bridgehead atoms. The summed E-state index contributed by atoms with van der Waals surface area (Å²) in [4.78, 5) is 24.3. The van der Waals surface area contributed by atoms with Gasteiger partial charge in [-0.15, -0.1) is 0 Å². The second-order valence-corrected chi connectivity index (χ2v) is 7.42. The monoisotopic (exact) mass is 375 g/mol. The van der Waals surface area contributed by atoms with Gasteiger partial charge in [0, 0.05) is 31.7 Å². The topological polar surface area (TPSA) is 63.1 Å². The van der Waals surface area contributed by atoms with E-state index >= 15 is 0 Å². The van der Waals surface area contributed by atoms with Crippen LogP contribution in [0.2, 0.25) is 0 Å². The second kappa shape index (κ2) is 7.94. The molecule has 144 valence electrons. The van der Waals surface area contributed by atoms with Crippen LogP contribution in [0.5, 0.6) is 0 Å². The van der Waals surface area contributed by atoms with Crippen LogP contribution in [0.4, 0.5) is 5.69 Å². The molecule has 1 aliphatic heterocycles. The first-order valence-corrected chi connectivity index (χ1v) is 9.68. The molecule has 0 saturated heterocycles. The Morgan fingerprint density at radius 3 is 2.75 bits per heavy atom. The first-order chi connectivity index (χ1) is 13.6. The van der Waals surface area contributed by atoms with Crippen molar-refractivity contribution in [2.24, 2.45) is 0 Å². The van der Waals surface area contributed by atoms with E-state index in [0.29, 0.717) is 12.2 Å². The van der Waals surface area contributed by atoms with Crippen LogP contribution in [-0.2, 0) is 17.8 Å². The molecule has 0 radical (unpaired) electrons. The number of amides is 1. The number of pyridine rings is 1. The lowest BCUT2D eigenvalue weighted by molar-refractivity contribution is -0.122. The molecule has 1 N–H and O–H groups in total. The molecule has 0 spiro atoms. The highest BCUT2D eigenvalue weighted by molar-refractivity contribution is 5.95. The number of rotatable bonds is 5. The van der Waals surface area contributed by atoms with Crippen molar-refractivity contribution in [3.05, 3.63) is 78.1 Å². The number of aromatic nitrogens is 3. The minimum atomic E-state index is -0.394. The molecule has 1 aliphatic rings. The molecular formula is C22H25N5O. The van der Waals surface area contributed by atoms with Gasteiger partial charge >= 0.3 is 0 Å². The third kappa shape index (κ3) is 3.68. The number of carbonyl (C=O) groups excluding carboxylic acids is 1. The largest absolute Gasteiger partial charge is 0.330 e. The summed E-state index contributed by atoms with van der Waals surface area (Å²) in [6.45, 7) is 5.75. The molecule has 0 aliphatic carbocycles. The summed E-state index contributed by atoms with van der Waals surface area (Å²) in [5.74, 6) is -0.0488. The number of imidazole rings is 1. The maximum absolute atomic E-state index is 13.4. The van der Waals surface area contributed by atoms with Crippen LogP contribution in [0.3, 0.4) is 0 Å². The zero-order valence-electron chi connectivity index (χ0n) is 16.2. The maximum Gasteiger partial charge on any atom is 0.248 e. The van der Waals surface area contributed by atoms with Gasteiger partial charge in [0.15, 0.2) is 0 Å². The Kier molecular flexibility index (Phi) is 5.21. The van der Waals surface area contributed by atoms with Gasteiger partial charge in [-0.25, -0.2) is 4.98 Å². The van der Waals surface area contributed by atoms with E-state index in [2.05, 4.69) is 50.7 Å². The van der Waals surface area contributed by atoms with Gasteiger partial charge in [0.2, 0.25) is 5.91 Å². The lowest BCUT2D eigenvalue weighted by Gasteiger charge is -2.36. The number of benzene rings is 1. The number of hydrogen-bond acceptors (Lipinski definition) is 4. The Bertz CT molecular complexity index is 936. The Labute approximate surface area is 165 Å². The Morgan fingerprint density at radius 1 is 1.21 bits per heavy atom. The van der Waals surface area contributed by atoms with Gasteiger partial charge in [-0.05, 0) is 31.5 Å². The zero-order valence-corrected chi connectivity index (χ0v) is 16.2. The van der Waals surface area contributed by atoms with Crippen molar-refractivity contribution in [1.29, 1.82) is 0 Å². The van der Waals surface area contributed by atoms with E-state index in [0.717, 1.165) is 24.4 Å². The molecular weight excluding hydrogens is 350 g/mol. The van der Waals surface area contributed by atoms with Gasteiger partial charge in [0.25, 0.3) is 0 Å². The van der Waals surface area contributed by atoms with Crippen molar-refractivity contribution in [2.75, 3.05) is 11.9 Å². The van der Waals surface area contributed by atoms with Crippen LogP contribution in [0.15, 0.2) is 61.2 Å². The SMILES string of the molecule is CC(C)n1cnc2c1[C@@H](C(=O)Nc1cccnc1)N(Cc1ccccc1)CC2. The van der Waals surface area contributed by atoms with Crippen LogP contribution in [0.1, 0.15) is 42.9 Å². The normalized spacial score (nSPS) is 16.8. The van der Waals surface area contributed by atoms with Crippen molar-refractivity contribution >= 4 is 11.6 Å². The Morgan fingerprint density at radius 2 is 2.04 bits per heavy atom. The zero-order chi connectivity index (χ0) is 19.5. The number of fused-ring (bicyclic) bond motifs is 1. The quantitative estimate of drug-likeness (QED) is 0.740. The predicted octanol–water partition coefficient (Wildman–Crippen LogP) is 3.60. The van der Waals surface area contributed by atoms with Crippen molar-refractivity contribution in [2.45, 2.75) is 38.9 Å². The summed E-state index contributed by atoms with van der Waals surface area (Å²) < 4.78 is 2.12. The maximum atomic E-state index is 13.4. The van der Waals surface area contributed by atoms with Gasteiger partial charge in [0.1, 0.15) is 6.04 Å². The van der Waals surface area contributed by atoms with E-state index in [1.807, 2.05) is 36.7 Å². The van der Waals surface area contributed by atoms with Crippen LogP contribution in [0.25, 0.3) is 0 Å². The molecule has 6 heteroatoms. The summed E-state index contributed by atoms with van der Waals surface area (Å²) in [5, 5.41) is 3.04. The van der Waals surface area contributed by atoms with Crippen LogP contribution in [-0.4, -0.2) is 31.9 Å². The van der Waals surface area contributed by atoms with Crippen molar-refractivity contribution in [3.8, 4) is 0 Å². The minimum Gasteiger partial charge on any atom is -0.330 e. The first kappa shape index (κ1) is 18.4. The van der Waals surface area contributed by atoms with E-state index in [4.69, 9.17) is 0 Å². The fourth-order valence-electron chi connectivity index (χ4n) is 3.79. The number of carbonyl (C=O) groups is 1. The summed E-state index contributed by atoms with van der Waals surface area (Å²) >= 11 is 0. The van der Waals surface area contributed by atoms with Gasteiger partial charge in [-0.3, -0.25) is 14.7 Å². The standard InChI is InChI=1S/C22H25N5O/c1-16(2)27-15-24-19-10-12-26(14-17-7-4-3-5-8-17)21(20(19)27)22(28)25-18-9-6-11-23-13-18/h3-9,11,13,15-16,21H,10,12,14H2,1-2H3,(H,25,28)/t21-/m0/s1. The molecule has 1 atom stereocenters. The van der Waals surface area contributed by atoms with Crippen molar-refractivity contribution < 1.29 is 4.79 Å². The summed E-state index contributed by atoms with van der Waals surface area (Å²) in [6.07, 6.45) is 6.08. The molecule has 2 aromatic heterocycles. The van der Waals surface area contributed by atoms with Crippen molar-refractivity contribution in [3.63, 3.8) is 0 Å². The predicted molar refractivity (Wildman–Crippen MR) is 109 cm³/mol. The van der Waals surface area contributed by atoms with E-state index < -0.39 is 6.04 Å². The van der Waals surface area contributed by atoms with E-state index in [1.54, 1.807) is 12.4 Å². The molecule has 1 aromatic carbocycles. The van der Waals surface area contributed by atoms with Crippen LogP contribution < -0.4 is 5.32 Å². The molecule has 6 nitrogen and oxygen atoms in total. The third-order valence-corrected chi connectivity index (χ3v) is 5.13. The minimum absolute atomic E-state index is 0.0488. The second-order valence-electron chi connectivity index (χ2n) is 7.42. The molecule has 1 amide bonds. The van der Waals surface area contributed by atoms with E-state index in [1.165, 1.54) is 5.56 Å². The van der Waals surface area contributed by atoms with Gasteiger partial charge < -0.3 is 9.88 Å². The number of nitrogens with one attached hydrogen (secondary N) is 1. The van der Waals surface area contributed by atoms with Gasteiger partial charge in [-0.2, -0.15) is 0 Å². The number of nitrogens with zero attached hydrogens (tertiary/aromatic N) is 4. The fourth-order valence-corrected chi connectivity index (χ4v) is 3.79. The smallest absolute Gasteiger partial charge is 0.248 e. The fraction of sp³-hybridized carbons (Fsp3) is 0.318. The summed E-state index contributed by atoms with van der Waals surface area (Å²) in [5.41, 5.74) is 3.92. The van der Waals surface area contributed by atoms with Crippen LogP contribution in [0, 0.1) is 0 Å². The molecule has 3 aromatic rings. The first-order valence-electron chi connectivity index (χ1n) is 9.68. The highest BCUT2D eigenvalue weighted by Gasteiger charge is 2.37. The van der Waals surface area contributed by atoms with Gasteiger partial charge in [-0.1, -0.05) is 30.3 Å². The molecule has 4 rings (SSSR count). The Balaban J connectivity index is 1.69. The average molecular weight is 375 g/mol. The number of anilines is 1. The highest BCUT2D eigenvalue weighted by atomic mass is 16.2. The van der Waals surface area contributed by atoms with Crippen molar-refractivity contribution in [1.82, 2.24) is 19.4 Å². The Hall–Kier alpha value is -2.99. The molecule has 28 heavy (non-hydrogen) atoms.